The molecule has 0 amide bonds. The molecule has 2 aromatic heterocycles. The van der Waals surface area contributed by atoms with E-state index in [-0.39, 0.29) is 11.7 Å². The maximum absolute atomic E-state index is 12.1. The van der Waals surface area contributed by atoms with Crippen molar-refractivity contribution in [2.45, 2.75) is 19.3 Å². The van der Waals surface area contributed by atoms with E-state index in [4.69, 9.17) is 4.74 Å². The Morgan fingerprint density at radius 3 is 2.85 bits per heavy atom. The van der Waals surface area contributed by atoms with Crippen LogP contribution in [0.4, 0.5) is 11.5 Å². The van der Waals surface area contributed by atoms with Gasteiger partial charge in [0, 0.05) is 24.3 Å². The van der Waals surface area contributed by atoms with Gasteiger partial charge in [0.1, 0.15) is 12.0 Å². The van der Waals surface area contributed by atoms with Gasteiger partial charge in [0.15, 0.2) is 0 Å². The molecule has 0 bridgehead atoms. The fourth-order valence-corrected chi connectivity index (χ4v) is 2.64. The Labute approximate surface area is 155 Å². The summed E-state index contributed by atoms with van der Waals surface area (Å²) < 4.78 is 5.30. The number of carbonyl (C=O) groups is 1. The molecule has 2 N–H and O–H groups in total. The van der Waals surface area contributed by atoms with Crippen LogP contribution < -0.4 is 5.32 Å². The van der Waals surface area contributed by atoms with Crippen molar-refractivity contribution in [2.75, 3.05) is 18.5 Å². The summed E-state index contributed by atoms with van der Waals surface area (Å²) in [5.41, 5.74) is 1.42. The van der Waals surface area contributed by atoms with Gasteiger partial charge in [-0.15, -0.1) is 0 Å². The minimum Gasteiger partial charge on any atom is -0.462 e. The molecule has 0 aliphatic heterocycles. The molecule has 27 heavy (non-hydrogen) atoms. The zero-order chi connectivity index (χ0) is 19.1. The van der Waals surface area contributed by atoms with Gasteiger partial charge in [-0.2, -0.15) is 0 Å². The third-order valence-electron chi connectivity index (χ3n) is 4.11. The number of nitrogens with zero attached hydrogens (tertiary/aromatic N) is 2. The molecule has 0 fully saturated rings. The molecule has 0 aliphatic carbocycles. The molecule has 2 heterocycles. The number of hydrogen-bond donors (Lipinski definition) is 2. The first-order chi connectivity index (χ1) is 13.1. The van der Waals surface area contributed by atoms with E-state index in [1.807, 2.05) is 18.3 Å². The Morgan fingerprint density at radius 1 is 1.19 bits per heavy atom. The number of anilines is 1. The van der Waals surface area contributed by atoms with Crippen LogP contribution in [0.1, 0.15) is 29.6 Å². The lowest BCUT2D eigenvalue weighted by Crippen LogP contribution is -2.07. The Kier molecular flexibility index (Phi) is 5.98. The minimum atomic E-state index is -0.478. The predicted molar refractivity (Wildman–Crippen MR) is 102 cm³/mol. The number of aromatic amines is 1. The van der Waals surface area contributed by atoms with Crippen molar-refractivity contribution < 1.29 is 14.5 Å². The molecule has 0 unspecified atom stereocenters. The molecule has 1 aromatic carbocycles. The average Bonchev–Trinajstić information content (AvgIpc) is 3.15. The number of aromatic nitrogens is 2. The number of benzene rings is 1. The molecular formula is C19H20N4O4. The number of pyridine rings is 1. The van der Waals surface area contributed by atoms with Crippen molar-refractivity contribution in [2.24, 2.45) is 0 Å². The Hall–Kier alpha value is -3.42. The number of carbonyl (C=O) groups excluding carboxylic acids is 1. The third kappa shape index (κ3) is 5.04. The molecule has 3 aromatic rings. The van der Waals surface area contributed by atoms with E-state index in [0.717, 1.165) is 30.2 Å². The van der Waals surface area contributed by atoms with Gasteiger partial charge in [0.2, 0.25) is 0 Å². The summed E-state index contributed by atoms with van der Waals surface area (Å²) in [4.78, 5) is 29.2. The smallest absolute Gasteiger partial charge is 0.338 e. The number of fused-ring (bicyclic) bond motifs is 1. The second-order valence-corrected chi connectivity index (χ2v) is 6.06. The van der Waals surface area contributed by atoms with Crippen LogP contribution in [0.15, 0.2) is 48.8 Å². The first-order valence-electron chi connectivity index (χ1n) is 8.72. The monoisotopic (exact) mass is 368 g/mol. The molecule has 0 aliphatic rings. The molecule has 8 nitrogen and oxygen atoms in total. The summed E-state index contributed by atoms with van der Waals surface area (Å²) in [6, 6.07) is 10.4. The first-order valence-corrected chi connectivity index (χ1v) is 8.72. The number of hydrogen-bond acceptors (Lipinski definition) is 6. The summed E-state index contributed by atoms with van der Waals surface area (Å²) in [6.07, 6.45) is 5.60. The van der Waals surface area contributed by atoms with Crippen molar-refractivity contribution in [1.29, 1.82) is 0 Å². The summed E-state index contributed by atoms with van der Waals surface area (Å²) >= 11 is 0. The largest absolute Gasteiger partial charge is 0.462 e. The van der Waals surface area contributed by atoms with E-state index >= 15 is 0 Å². The molecule has 0 saturated carbocycles. The van der Waals surface area contributed by atoms with Gasteiger partial charge in [0.05, 0.1) is 17.1 Å². The molecule has 3 rings (SSSR count). The molecule has 0 radical (unpaired) electrons. The van der Waals surface area contributed by atoms with Crippen LogP contribution in [0.25, 0.3) is 10.9 Å². The summed E-state index contributed by atoms with van der Waals surface area (Å²) in [5.74, 6) is 0.284. The average molecular weight is 368 g/mol. The minimum absolute atomic E-state index is 0.0298. The quantitative estimate of drug-likeness (QED) is 0.256. The van der Waals surface area contributed by atoms with Gasteiger partial charge in [-0.05, 0) is 48.9 Å². The number of unbranched alkanes of at least 4 members (excludes halogenated alkanes) is 2. The number of H-pyrrole nitrogens is 1. The van der Waals surface area contributed by atoms with E-state index in [1.165, 1.54) is 12.3 Å². The summed E-state index contributed by atoms with van der Waals surface area (Å²) in [7, 11) is 0. The van der Waals surface area contributed by atoms with Crippen LogP contribution in [-0.2, 0) is 4.74 Å². The van der Waals surface area contributed by atoms with Crippen LogP contribution in [0.2, 0.25) is 0 Å². The van der Waals surface area contributed by atoms with E-state index in [2.05, 4.69) is 15.3 Å². The van der Waals surface area contributed by atoms with Crippen molar-refractivity contribution in [3.05, 3.63) is 64.5 Å². The maximum atomic E-state index is 12.1. The Morgan fingerprint density at radius 2 is 2.07 bits per heavy atom. The van der Waals surface area contributed by atoms with Gasteiger partial charge in [0.25, 0.3) is 5.69 Å². The van der Waals surface area contributed by atoms with Crippen LogP contribution >= 0.6 is 0 Å². The zero-order valence-corrected chi connectivity index (χ0v) is 14.7. The maximum Gasteiger partial charge on any atom is 0.338 e. The SMILES string of the molecule is O=C(OCCCCCNc1ccc([N+](=O)[O-])cn1)c1ccc2cc[nH]c2c1. The van der Waals surface area contributed by atoms with Crippen LogP contribution in [0.3, 0.4) is 0 Å². The lowest BCUT2D eigenvalue weighted by molar-refractivity contribution is -0.385. The highest BCUT2D eigenvalue weighted by Crippen LogP contribution is 2.15. The van der Waals surface area contributed by atoms with E-state index < -0.39 is 4.92 Å². The number of esters is 1. The van der Waals surface area contributed by atoms with Crippen molar-refractivity contribution >= 4 is 28.4 Å². The van der Waals surface area contributed by atoms with Crippen molar-refractivity contribution in [3.8, 4) is 0 Å². The number of ether oxygens (including phenoxy) is 1. The van der Waals surface area contributed by atoms with Gasteiger partial charge in [-0.25, -0.2) is 9.78 Å². The lowest BCUT2D eigenvalue weighted by atomic mass is 10.1. The van der Waals surface area contributed by atoms with Crippen molar-refractivity contribution in [3.63, 3.8) is 0 Å². The van der Waals surface area contributed by atoms with Gasteiger partial charge in [-0.3, -0.25) is 10.1 Å². The highest BCUT2D eigenvalue weighted by Gasteiger charge is 2.08. The molecule has 0 atom stereocenters. The topological polar surface area (TPSA) is 110 Å². The van der Waals surface area contributed by atoms with Crippen LogP contribution in [0, 0.1) is 10.1 Å². The molecule has 0 saturated heterocycles. The van der Waals surface area contributed by atoms with E-state index in [1.54, 1.807) is 18.2 Å². The Balaban J connectivity index is 1.31. The number of nitrogens with one attached hydrogen (secondary N) is 2. The third-order valence-corrected chi connectivity index (χ3v) is 4.11. The molecule has 0 spiro atoms. The molecule has 8 heteroatoms. The second-order valence-electron chi connectivity index (χ2n) is 6.06. The zero-order valence-electron chi connectivity index (χ0n) is 14.7. The van der Waals surface area contributed by atoms with E-state index in [0.29, 0.717) is 24.5 Å². The highest BCUT2D eigenvalue weighted by molar-refractivity contribution is 5.94. The molecular weight excluding hydrogens is 348 g/mol. The summed E-state index contributed by atoms with van der Waals surface area (Å²) in [6.45, 7) is 1.07. The lowest BCUT2D eigenvalue weighted by Gasteiger charge is -2.06. The molecule has 140 valence electrons. The number of nitro groups is 1. The fraction of sp³-hybridized carbons (Fsp3) is 0.263. The standard InChI is InChI=1S/C19H20N4O4/c24-19(15-5-4-14-8-10-20-17(14)12-15)27-11-3-1-2-9-21-18-7-6-16(13-22-18)23(25)26/h4-8,10,12-13,20H,1-3,9,11H2,(H,21,22). The summed E-state index contributed by atoms with van der Waals surface area (Å²) in [5, 5.41) is 14.7. The van der Waals surface area contributed by atoms with Gasteiger partial charge < -0.3 is 15.0 Å². The second kappa shape index (κ2) is 8.79. The van der Waals surface area contributed by atoms with Crippen LogP contribution in [-0.4, -0.2) is 34.0 Å². The predicted octanol–water partition coefficient (Wildman–Crippen LogP) is 3.91. The van der Waals surface area contributed by atoms with E-state index in [9.17, 15) is 14.9 Å². The van der Waals surface area contributed by atoms with Crippen LogP contribution in [0.5, 0.6) is 0 Å². The van der Waals surface area contributed by atoms with Gasteiger partial charge >= 0.3 is 5.97 Å². The van der Waals surface area contributed by atoms with Gasteiger partial charge in [-0.1, -0.05) is 6.07 Å². The highest BCUT2D eigenvalue weighted by atomic mass is 16.6. The first kappa shape index (κ1) is 18.4. The normalized spacial score (nSPS) is 10.7. The Bertz CT molecular complexity index is 921. The number of rotatable bonds is 9. The fourth-order valence-electron chi connectivity index (χ4n) is 2.64. The van der Waals surface area contributed by atoms with Crippen molar-refractivity contribution in [1.82, 2.24) is 9.97 Å².